The van der Waals surface area contributed by atoms with Crippen LogP contribution in [0.1, 0.15) is 81.5 Å². The summed E-state index contributed by atoms with van der Waals surface area (Å²) < 4.78 is 5.91. The molecule has 0 aliphatic carbocycles. The van der Waals surface area contributed by atoms with Crippen molar-refractivity contribution in [1.29, 1.82) is 0 Å². The number of aliphatic hydroxyl groups excluding tert-OH is 1. The molecule has 0 bridgehead atoms. The lowest BCUT2D eigenvalue weighted by molar-refractivity contribution is -0.163. The van der Waals surface area contributed by atoms with Crippen LogP contribution in [0.25, 0.3) is 0 Å². The third kappa shape index (κ3) is 9.68. The zero-order valence-electron chi connectivity index (χ0n) is 33.8. The van der Waals surface area contributed by atoms with Crippen molar-refractivity contribution in [2.75, 3.05) is 19.6 Å². The van der Waals surface area contributed by atoms with Gasteiger partial charge in [-0.2, -0.15) is 0 Å². The minimum absolute atomic E-state index is 0.00182. The number of carbonyl (C=O) groups excluding carboxylic acids is 7. The van der Waals surface area contributed by atoms with Crippen LogP contribution in [0.15, 0.2) is 48.5 Å². The normalized spacial score (nSPS) is 27.6. The summed E-state index contributed by atoms with van der Waals surface area (Å²) in [5.74, 6) is -4.26. The molecule has 6 amide bonds. The average molecular weight is 801 g/mol. The van der Waals surface area contributed by atoms with Gasteiger partial charge in [-0.3, -0.25) is 28.8 Å². The number of hydrogen-bond acceptors (Lipinski definition) is 9. The second-order valence-corrected chi connectivity index (χ2v) is 16.1. The first kappa shape index (κ1) is 42.3. The Morgan fingerprint density at radius 3 is 2.26 bits per heavy atom. The minimum atomic E-state index is -1.56. The highest BCUT2D eigenvalue weighted by Gasteiger charge is 2.48. The molecule has 2 aromatic rings. The summed E-state index contributed by atoms with van der Waals surface area (Å²) in [6.45, 7) is 7.17. The van der Waals surface area contributed by atoms with E-state index in [1.807, 2.05) is 62.4 Å². The van der Waals surface area contributed by atoms with Crippen LogP contribution < -0.4 is 16.0 Å². The number of carbonyl (C=O) groups is 7. The van der Waals surface area contributed by atoms with Gasteiger partial charge in [0.15, 0.2) is 0 Å². The molecule has 4 N–H and O–H groups in total. The topological polar surface area (TPSA) is 195 Å². The van der Waals surface area contributed by atoms with Crippen molar-refractivity contribution < 1.29 is 43.4 Å². The smallest absolute Gasteiger partial charge is 0.329 e. The molecule has 8 atom stereocenters. The first-order valence-electron chi connectivity index (χ1n) is 20.6. The second kappa shape index (κ2) is 18.5. The minimum Gasteiger partial charge on any atom is -0.458 e. The van der Waals surface area contributed by atoms with E-state index in [-0.39, 0.29) is 38.9 Å². The Hall–Kier alpha value is -5.31. The number of cyclic esters (lactones) is 1. The molecule has 4 aliphatic rings. The first-order valence-corrected chi connectivity index (χ1v) is 20.6. The van der Waals surface area contributed by atoms with Gasteiger partial charge in [-0.05, 0) is 76.0 Å². The van der Waals surface area contributed by atoms with Crippen molar-refractivity contribution >= 4 is 41.4 Å². The molecule has 312 valence electrons. The van der Waals surface area contributed by atoms with Gasteiger partial charge in [-0.15, -0.1) is 0 Å². The fourth-order valence-corrected chi connectivity index (χ4v) is 8.60. The number of esters is 1. The Morgan fingerprint density at radius 1 is 0.845 bits per heavy atom. The van der Waals surface area contributed by atoms with E-state index in [9.17, 15) is 38.7 Å². The summed E-state index contributed by atoms with van der Waals surface area (Å²) in [7, 11) is 0. The summed E-state index contributed by atoms with van der Waals surface area (Å²) >= 11 is 0. The lowest BCUT2D eigenvalue weighted by atomic mass is 9.98. The molecule has 4 aliphatic heterocycles. The zero-order valence-corrected chi connectivity index (χ0v) is 33.8. The molecule has 15 nitrogen and oxygen atoms in total. The van der Waals surface area contributed by atoms with Crippen molar-refractivity contribution in [3.05, 3.63) is 70.8 Å². The molecule has 58 heavy (non-hydrogen) atoms. The molecule has 4 fully saturated rings. The number of fused-ring (bicyclic) bond motifs is 3. The van der Waals surface area contributed by atoms with E-state index in [4.69, 9.17) is 4.74 Å². The zero-order chi connectivity index (χ0) is 41.7. The Morgan fingerprint density at radius 2 is 1.53 bits per heavy atom. The summed E-state index contributed by atoms with van der Waals surface area (Å²) in [5.41, 5.74) is 3.57. The molecule has 15 heteroatoms. The number of rotatable bonds is 8. The van der Waals surface area contributed by atoms with Crippen molar-refractivity contribution in [2.24, 2.45) is 0 Å². The SMILES string of the molecule is CCc1ccc(CC(=O)N[C@@H](Cc2cccc(C)c2)C(=O)N[C@@H]2C(=O)N3C[C@H](O)C[C@H]3C(=O)N3CCCC[C@H]3C(=O)N[C@@H](C)C(=O)N3CCC[C@H]3C(=O)O[C@H]2C)cc1. The molecule has 2 aromatic carbocycles. The van der Waals surface area contributed by atoms with Crippen molar-refractivity contribution in [3.63, 3.8) is 0 Å². The lowest BCUT2D eigenvalue weighted by Gasteiger charge is -2.39. The van der Waals surface area contributed by atoms with Crippen LogP contribution >= 0.6 is 0 Å². The molecule has 6 rings (SSSR count). The predicted molar refractivity (Wildman–Crippen MR) is 212 cm³/mol. The fraction of sp³-hybridized carbons (Fsp3) is 0.558. The van der Waals surface area contributed by atoms with E-state index in [2.05, 4.69) is 16.0 Å². The number of aliphatic hydroxyl groups is 1. The maximum absolute atomic E-state index is 14.8. The van der Waals surface area contributed by atoms with Crippen molar-refractivity contribution in [2.45, 2.75) is 134 Å². The van der Waals surface area contributed by atoms with Gasteiger partial charge in [-0.1, -0.05) is 61.0 Å². The second-order valence-electron chi connectivity index (χ2n) is 16.1. The number of piperidine rings is 1. The van der Waals surface area contributed by atoms with E-state index in [1.54, 1.807) is 0 Å². The quantitative estimate of drug-likeness (QED) is 0.283. The summed E-state index contributed by atoms with van der Waals surface area (Å²) in [4.78, 5) is 102. The number of nitrogens with zero attached hydrogens (tertiary/aromatic N) is 3. The maximum atomic E-state index is 14.8. The molecule has 4 saturated heterocycles. The highest BCUT2D eigenvalue weighted by molar-refractivity contribution is 5.98. The van der Waals surface area contributed by atoms with Crippen LogP contribution in [-0.2, 0) is 57.6 Å². The number of benzene rings is 2. The van der Waals surface area contributed by atoms with Crippen LogP contribution in [0.4, 0.5) is 0 Å². The number of amides is 6. The Bertz CT molecular complexity index is 1890. The highest BCUT2D eigenvalue weighted by Crippen LogP contribution is 2.28. The monoisotopic (exact) mass is 800 g/mol. The predicted octanol–water partition coefficient (Wildman–Crippen LogP) is 1.10. The van der Waals surface area contributed by atoms with Gasteiger partial charge in [0.25, 0.3) is 0 Å². The third-order valence-corrected chi connectivity index (χ3v) is 11.8. The average Bonchev–Trinajstić information content (AvgIpc) is 3.86. The van der Waals surface area contributed by atoms with Crippen LogP contribution in [0.5, 0.6) is 0 Å². The number of nitrogens with one attached hydrogen (secondary N) is 3. The van der Waals surface area contributed by atoms with Gasteiger partial charge in [0, 0.05) is 32.5 Å². The summed E-state index contributed by atoms with van der Waals surface area (Å²) in [6, 6.07) is 8.26. The largest absolute Gasteiger partial charge is 0.458 e. The van der Waals surface area contributed by atoms with E-state index < -0.39 is 89.9 Å². The van der Waals surface area contributed by atoms with Crippen LogP contribution in [-0.4, -0.2) is 129 Å². The molecule has 0 aromatic heterocycles. The maximum Gasteiger partial charge on any atom is 0.329 e. The number of hydrogen-bond donors (Lipinski definition) is 4. The lowest BCUT2D eigenvalue weighted by Crippen LogP contribution is -2.63. The molecule has 0 unspecified atom stereocenters. The fourth-order valence-electron chi connectivity index (χ4n) is 8.60. The van der Waals surface area contributed by atoms with Crippen LogP contribution in [0, 0.1) is 6.92 Å². The van der Waals surface area contributed by atoms with Gasteiger partial charge in [0.05, 0.1) is 12.5 Å². The summed E-state index contributed by atoms with van der Waals surface area (Å²) in [5, 5.41) is 19.3. The first-order chi connectivity index (χ1) is 27.7. The standard InChI is InChI=1S/C43H56N6O9/c1-5-28-14-16-29(17-15-28)22-36(51)45-32(21-30-11-8-10-25(2)20-30)38(52)46-37-27(4)58-43(57)34-13-9-19-48(34)40(54)26(3)44-39(53)33-12-6-7-18-47(33)41(55)35-23-31(50)24-49(35)42(37)56/h8,10-11,14-17,20,26-27,31-35,37,50H,5-7,9,12-13,18-19,21-24H2,1-4H3,(H,44,53)(H,45,51)(H,46,52)/t26-,27-,31+,32-,33-,34-,35-,37-/m0/s1. The van der Waals surface area contributed by atoms with Gasteiger partial charge >= 0.3 is 5.97 Å². The highest BCUT2D eigenvalue weighted by atomic mass is 16.5. The van der Waals surface area contributed by atoms with Gasteiger partial charge < -0.3 is 40.5 Å². The van der Waals surface area contributed by atoms with Gasteiger partial charge in [0.1, 0.15) is 42.4 Å². The molecule has 4 heterocycles. The number of aryl methyl sites for hydroxylation is 2. The van der Waals surface area contributed by atoms with Crippen molar-refractivity contribution in [3.8, 4) is 0 Å². The Labute approximate surface area is 339 Å². The van der Waals surface area contributed by atoms with E-state index in [0.29, 0.717) is 32.1 Å². The Kier molecular flexibility index (Phi) is 13.5. The van der Waals surface area contributed by atoms with E-state index >= 15 is 0 Å². The molecule has 0 radical (unpaired) electrons. The molecule has 0 saturated carbocycles. The molecular formula is C43H56N6O9. The number of ether oxygens (including phenoxy) is 1. The van der Waals surface area contributed by atoms with E-state index in [0.717, 1.165) is 28.7 Å². The Balaban J connectivity index is 1.33. The summed E-state index contributed by atoms with van der Waals surface area (Å²) in [6.07, 6.45) is 0.822. The van der Waals surface area contributed by atoms with Gasteiger partial charge in [0.2, 0.25) is 35.4 Å². The van der Waals surface area contributed by atoms with Crippen molar-refractivity contribution in [1.82, 2.24) is 30.7 Å². The molecular weight excluding hydrogens is 745 g/mol. The van der Waals surface area contributed by atoms with Crippen LogP contribution in [0.3, 0.4) is 0 Å². The molecule has 0 spiro atoms. The van der Waals surface area contributed by atoms with Crippen LogP contribution in [0.2, 0.25) is 0 Å². The van der Waals surface area contributed by atoms with E-state index in [1.165, 1.54) is 28.5 Å². The third-order valence-electron chi connectivity index (χ3n) is 11.8. The van der Waals surface area contributed by atoms with Gasteiger partial charge in [-0.25, -0.2) is 4.79 Å².